The number of carbonyl (C=O) groups is 2. The van der Waals surface area contributed by atoms with Crippen molar-refractivity contribution in [3.05, 3.63) is 35.9 Å². The normalized spacial score (nSPS) is 18.2. The van der Waals surface area contributed by atoms with E-state index in [0.717, 1.165) is 5.56 Å². The molecule has 5 heteroatoms. The molecule has 0 radical (unpaired) electrons. The number of benzene rings is 1. The first-order chi connectivity index (χ1) is 9.16. The van der Waals surface area contributed by atoms with Crippen LogP contribution in [0.2, 0.25) is 0 Å². The summed E-state index contributed by atoms with van der Waals surface area (Å²) >= 11 is 0. The van der Waals surface area contributed by atoms with Gasteiger partial charge < -0.3 is 14.7 Å². The highest BCUT2D eigenvalue weighted by Crippen LogP contribution is 2.17. The summed E-state index contributed by atoms with van der Waals surface area (Å²) in [5.41, 5.74) is 0.927. The Morgan fingerprint density at radius 1 is 1.32 bits per heavy atom. The smallest absolute Gasteiger partial charge is 0.323 e. The fourth-order valence-electron chi connectivity index (χ4n) is 2.17. The highest BCUT2D eigenvalue weighted by Gasteiger charge is 2.29. The van der Waals surface area contributed by atoms with Gasteiger partial charge in [-0.15, -0.1) is 0 Å². The lowest BCUT2D eigenvalue weighted by Crippen LogP contribution is -2.39. The van der Waals surface area contributed by atoms with Gasteiger partial charge in [-0.2, -0.15) is 0 Å². The number of carboxylic acid groups (broad SMARTS) is 1. The zero-order valence-electron chi connectivity index (χ0n) is 10.6. The Bertz CT molecular complexity index is 440. The molecule has 0 spiro atoms. The molecule has 5 nitrogen and oxygen atoms in total. The van der Waals surface area contributed by atoms with E-state index in [1.54, 1.807) is 0 Å². The summed E-state index contributed by atoms with van der Waals surface area (Å²) in [5.74, 6) is -1.34. The van der Waals surface area contributed by atoms with Crippen LogP contribution >= 0.6 is 0 Å². The Kier molecular flexibility index (Phi) is 4.52. The van der Waals surface area contributed by atoms with E-state index in [2.05, 4.69) is 0 Å². The average molecular weight is 263 g/mol. The van der Waals surface area contributed by atoms with Gasteiger partial charge in [0.15, 0.2) is 0 Å². The van der Waals surface area contributed by atoms with Gasteiger partial charge in [0, 0.05) is 13.2 Å². The second-order valence-corrected chi connectivity index (χ2v) is 4.63. The van der Waals surface area contributed by atoms with Crippen LogP contribution in [0.4, 0.5) is 0 Å². The van der Waals surface area contributed by atoms with Gasteiger partial charge in [0.05, 0.1) is 12.5 Å². The van der Waals surface area contributed by atoms with Gasteiger partial charge in [-0.1, -0.05) is 30.3 Å². The van der Waals surface area contributed by atoms with Crippen molar-refractivity contribution in [2.24, 2.45) is 5.92 Å². The molecular weight excluding hydrogens is 246 g/mol. The highest BCUT2D eigenvalue weighted by molar-refractivity contribution is 5.83. The summed E-state index contributed by atoms with van der Waals surface area (Å²) in [6.45, 7) is 1.01. The molecule has 1 amide bonds. The molecule has 1 aliphatic heterocycles. The van der Waals surface area contributed by atoms with Crippen molar-refractivity contribution in [1.82, 2.24) is 4.90 Å². The third kappa shape index (κ3) is 3.79. The molecule has 0 bridgehead atoms. The van der Waals surface area contributed by atoms with Gasteiger partial charge in [0.1, 0.15) is 6.54 Å². The van der Waals surface area contributed by atoms with Crippen molar-refractivity contribution in [1.29, 1.82) is 0 Å². The van der Waals surface area contributed by atoms with E-state index in [-0.39, 0.29) is 18.4 Å². The number of amides is 1. The molecular formula is C14H17NO4. The molecule has 1 heterocycles. The first-order valence-electron chi connectivity index (χ1n) is 6.29. The lowest BCUT2D eigenvalue weighted by molar-refractivity contribution is -0.146. The molecule has 1 saturated heterocycles. The van der Waals surface area contributed by atoms with Gasteiger partial charge in [0.2, 0.25) is 5.91 Å². The minimum Gasteiger partial charge on any atom is -0.480 e. The van der Waals surface area contributed by atoms with Crippen LogP contribution in [-0.2, 0) is 20.9 Å². The largest absolute Gasteiger partial charge is 0.480 e. The van der Waals surface area contributed by atoms with Crippen LogP contribution in [0.3, 0.4) is 0 Å². The van der Waals surface area contributed by atoms with E-state index < -0.39 is 5.97 Å². The number of carbonyl (C=O) groups excluding carboxylic acids is 1. The molecule has 1 N–H and O–H groups in total. The van der Waals surface area contributed by atoms with Crippen molar-refractivity contribution in [3.63, 3.8) is 0 Å². The minimum absolute atomic E-state index is 0.135. The molecule has 0 aliphatic carbocycles. The number of rotatable bonds is 5. The van der Waals surface area contributed by atoms with Crippen LogP contribution in [0.25, 0.3) is 0 Å². The van der Waals surface area contributed by atoms with Gasteiger partial charge >= 0.3 is 5.97 Å². The van der Waals surface area contributed by atoms with Crippen LogP contribution in [-0.4, -0.2) is 41.6 Å². The van der Waals surface area contributed by atoms with E-state index in [9.17, 15) is 9.59 Å². The topological polar surface area (TPSA) is 66.8 Å². The van der Waals surface area contributed by atoms with E-state index in [1.807, 2.05) is 30.3 Å². The maximum absolute atomic E-state index is 12.3. The highest BCUT2D eigenvalue weighted by atomic mass is 16.5. The molecule has 1 fully saturated rings. The first-order valence-corrected chi connectivity index (χ1v) is 6.29. The van der Waals surface area contributed by atoms with Gasteiger partial charge in [0.25, 0.3) is 0 Å². The predicted octanol–water partition coefficient (Wildman–Crippen LogP) is 1.14. The van der Waals surface area contributed by atoms with Gasteiger partial charge in [-0.3, -0.25) is 9.59 Å². The Balaban J connectivity index is 2.06. The van der Waals surface area contributed by atoms with Crippen LogP contribution in [0.1, 0.15) is 12.0 Å². The number of ether oxygens (including phenoxy) is 1. The number of aliphatic carboxylic acids is 1. The van der Waals surface area contributed by atoms with Crippen molar-refractivity contribution in [3.8, 4) is 0 Å². The van der Waals surface area contributed by atoms with Crippen molar-refractivity contribution < 1.29 is 19.4 Å². The van der Waals surface area contributed by atoms with Crippen LogP contribution in [0.5, 0.6) is 0 Å². The Morgan fingerprint density at radius 2 is 2.05 bits per heavy atom. The second-order valence-electron chi connectivity index (χ2n) is 4.63. The lowest BCUT2D eigenvalue weighted by atomic mass is 10.1. The molecule has 0 saturated carbocycles. The molecule has 1 aromatic carbocycles. The summed E-state index contributed by atoms with van der Waals surface area (Å²) in [4.78, 5) is 24.5. The molecule has 1 unspecified atom stereocenters. The van der Waals surface area contributed by atoms with E-state index >= 15 is 0 Å². The fourth-order valence-corrected chi connectivity index (χ4v) is 2.17. The maximum atomic E-state index is 12.3. The first kappa shape index (κ1) is 13.5. The number of hydrogen-bond acceptors (Lipinski definition) is 3. The zero-order valence-corrected chi connectivity index (χ0v) is 10.6. The monoisotopic (exact) mass is 263 g/mol. The number of hydrogen-bond donors (Lipinski definition) is 1. The summed E-state index contributed by atoms with van der Waals surface area (Å²) in [6.07, 6.45) is 0.670. The van der Waals surface area contributed by atoms with E-state index in [4.69, 9.17) is 9.84 Å². The molecule has 19 heavy (non-hydrogen) atoms. The van der Waals surface area contributed by atoms with Crippen molar-refractivity contribution in [2.75, 3.05) is 19.8 Å². The standard InChI is InChI=1S/C14H17NO4/c16-13(17)9-15(8-11-4-2-1-3-5-11)14(18)12-6-7-19-10-12/h1-5,12H,6-10H2,(H,16,17). The second kappa shape index (κ2) is 6.33. The summed E-state index contributed by atoms with van der Waals surface area (Å²) in [6, 6.07) is 9.40. The van der Waals surface area contributed by atoms with Crippen LogP contribution in [0, 0.1) is 5.92 Å². The third-order valence-corrected chi connectivity index (χ3v) is 3.13. The Labute approximate surface area is 111 Å². The zero-order chi connectivity index (χ0) is 13.7. The average Bonchev–Trinajstić information content (AvgIpc) is 2.91. The predicted molar refractivity (Wildman–Crippen MR) is 68.4 cm³/mol. The summed E-state index contributed by atoms with van der Waals surface area (Å²) in [7, 11) is 0. The summed E-state index contributed by atoms with van der Waals surface area (Å²) < 4.78 is 5.19. The number of nitrogens with zero attached hydrogens (tertiary/aromatic N) is 1. The van der Waals surface area contributed by atoms with Crippen LogP contribution < -0.4 is 0 Å². The maximum Gasteiger partial charge on any atom is 0.323 e. The van der Waals surface area contributed by atoms with Gasteiger partial charge in [-0.25, -0.2) is 0 Å². The Morgan fingerprint density at radius 3 is 2.63 bits per heavy atom. The SMILES string of the molecule is O=C(O)CN(Cc1ccccc1)C(=O)C1CCOC1. The minimum atomic E-state index is -0.997. The summed E-state index contributed by atoms with van der Waals surface area (Å²) in [5, 5.41) is 8.93. The van der Waals surface area contributed by atoms with E-state index in [1.165, 1.54) is 4.90 Å². The number of carboxylic acids is 1. The molecule has 1 aliphatic rings. The molecule has 1 aromatic rings. The van der Waals surface area contributed by atoms with Crippen molar-refractivity contribution >= 4 is 11.9 Å². The van der Waals surface area contributed by atoms with Crippen molar-refractivity contribution in [2.45, 2.75) is 13.0 Å². The lowest BCUT2D eigenvalue weighted by Gasteiger charge is -2.23. The van der Waals surface area contributed by atoms with Gasteiger partial charge in [-0.05, 0) is 12.0 Å². The molecule has 2 rings (SSSR count). The van der Waals surface area contributed by atoms with Crippen LogP contribution in [0.15, 0.2) is 30.3 Å². The van der Waals surface area contributed by atoms with E-state index in [0.29, 0.717) is 26.2 Å². The third-order valence-electron chi connectivity index (χ3n) is 3.13. The quantitative estimate of drug-likeness (QED) is 0.865. The molecule has 0 aromatic heterocycles. The molecule has 102 valence electrons. The molecule has 1 atom stereocenters. The fraction of sp³-hybridized carbons (Fsp3) is 0.429. The Hall–Kier alpha value is -1.88.